The Morgan fingerprint density at radius 2 is 2.26 bits per heavy atom. The van der Waals surface area contributed by atoms with Crippen LogP contribution in [-0.2, 0) is 6.42 Å². The van der Waals surface area contributed by atoms with Crippen LogP contribution in [-0.4, -0.2) is 27.3 Å². The Kier molecular flexibility index (Phi) is 3.25. The van der Waals surface area contributed by atoms with Crippen LogP contribution in [0.2, 0.25) is 0 Å². The summed E-state index contributed by atoms with van der Waals surface area (Å²) < 4.78 is 5.33. The first kappa shape index (κ1) is 13.8. The first-order valence-corrected chi connectivity index (χ1v) is 7.64. The SMILES string of the molecule is COc1ccc2c(c1)CCCC2Nc1nc(N)nc2[nH]ncc12. The fourth-order valence-corrected chi connectivity index (χ4v) is 3.19. The molecule has 7 heteroatoms. The minimum Gasteiger partial charge on any atom is -0.497 e. The van der Waals surface area contributed by atoms with Gasteiger partial charge in [0, 0.05) is 0 Å². The second kappa shape index (κ2) is 5.42. The quantitative estimate of drug-likeness (QED) is 0.687. The molecule has 1 aliphatic carbocycles. The number of aromatic nitrogens is 4. The number of benzene rings is 1. The lowest BCUT2D eigenvalue weighted by Gasteiger charge is -2.27. The number of aromatic amines is 1. The van der Waals surface area contributed by atoms with Gasteiger partial charge in [0.25, 0.3) is 0 Å². The molecule has 7 nitrogen and oxygen atoms in total. The van der Waals surface area contributed by atoms with Crippen LogP contribution in [0.1, 0.15) is 30.0 Å². The van der Waals surface area contributed by atoms with Gasteiger partial charge in [-0.3, -0.25) is 5.10 Å². The summed E-state index contributed by atoms with van der Waals surface area (Å²) in [7, 11) is 1.69. The fourth-order valence-electron chi connectivity index (χ4n) is 3.19. The van der Waals surface area contributed by atoms with Gasteiger partial charge in [0.05, 0.1) is 24.7 Å². The molecule has 0 saturated carbocycles. The summed E-state index contributed by atoms with van der Waals surface area (Å²) in [6.07, 6.45) is 4.95. The summed E-state index contributed by atoms with van der Waals surface area (Å²) in [6, 6.07) is 6.44. The van der Waals surface area contributed by atoms with E-state index in [0.29, 0.717) is 5.65 Å². The van der Waals surface area contributed by atoms with Gasteiger partial charge in [0.15, 0.2) is 5.65 Å². The summed E-state index contributed by atoms with van der Waals surface area (Å²) in [6.45, 7) is 0. The van der Waals surface area contributed by atoms with Crippen molar-refractivity contribution in [2.24, 2.45) is 0 Å². The van der Waals surface area contributed by atoms with Crippen LogP contribution in [0.4, 0.5) is 11.8 Å². The summed E-state index contributed by atoms with van der Waals surface area (Å²) in [5, 5.41) is 11.2. The number of rotatable bonds is 3. The van der Waals surface area contributed by atoms with Crippen LogP contribution >= 0.6 is 0 Å². The zero-order valence-corrected chi connectivity index (χ0v) is 12.8. The molecule has 0 saturated heterocycles. The number of nitrogens with two attached hydrogens (primary N) is 1. The minimum atomic E-state index is 0.192. The van der Waals surface area contributed by atoms with Crippen molar-refractivity contribution in [1.82, 2.24) is 20.2 Å². The Morgan fingerprint density at radius 3 is 3.13 bits per heavy atom. The highest BCUT2D eigenvalue weighted by Crippen LogP contribution is 2.35. The Labute approximate surface area is 133 Å². The van der Waals surface area contributed by atoms with E-state index >= 15 is 0 Å². The molecule has 0 aliphatic heterocycles. The number of fused-ring (bicyclic) bond motifs is 2. The van der Waals surface area contributed by atoms with Gasteiger partial charge >= 0.3 is 0 Å². The Balaban J connectivity index is 1.71. The van der Waals surface area contributed by atoms with Crippen LogP contribution < -0.4 is 15.8 Å². The van der Waals surface area contributed by atoms with Crippen molar-refractivity contribution < 1.29 is 4.74 Å². The molecule has 2 aromatic heterocycles. The molecule has 0 spiro atoms. The van der Waals surface area contributed by atoms with Crippen molar-refractivity contribution in [2.45, 2.75) is 25.3 Å². The molecule has 0 radical (unpaired) electrons. The van der Waals surface area contributed by atoms with Crippen LogP contribution in [0.15, 0.2) is 24.4 Å². The number of hydrogen-bond donors (Lipinski definition) is 3. The van der Waals surface area contributed by atoms with Crippen LogP contribution in [0, 0.1) is 0 Å². The molecule has 1 aliphatic rings. The third-order valence-electron chi connectivity index (χ3n) is 4.30. The second-order valence-electron chi connectivity index (χ2n) is 5.72. The van der Waals surface area contributed by atoms with Crippen molar-refractivity contribution in [3.63, 3.8) is 0 Å². The minimum absolute atomic E-state index is 0.192. The lowest BCUT2D eigenvalue weighted by atomic mass is 9.87. The molecule has 4 N–H and O–H groups in total. The molecular weight excluding hydrogens is 292 g/mol. The zero-order chi connectivity index (χ0) is 15.8. The third-order valence-corrected chi connectivity index (χ3v) is 4.30. The molecule has 0 amide bonds. The van der Waals surface area contributed by atoms with Gasteiger partial charge in [-0.05, 0) is 42.5 Å². The smallest absolute Gasteiger partial charge is 0.224 e. The molecule has 1 unspecified atom stereocenters. The Hall–Kier alpha value is -2.83. The number of nitrogens with one attached hydrogen (secondary N) is 2. The molecule has 1 aromatic carbocycles. The monoisotopic (exact) mass is 310 g/mol. The van der Waals surface area contributed by atoms with E-state index in [9.17, 15) is 0 Å². The van der Waals surface area contributed by atoms with E-state index in [2.05, 4.69) is 37.6 Å². The van der Waals surface area contributed by atoms with E-state index in [1.165, 1.54) is 11.1 Å². The number of methoxy groups -OCH3 is 1. The van der Waals surface area contributed by atoms with E-state index in [1.54, 1.807) is 13.3 Å². The molecule has 4 rings (SSSR count). The standard InChI is InChI=1S/C16H18N6O/c1-23-10-5-6-11-9(7-10)3-2-4-13(11)19-14-12-8-18-22-15(12)21-16(17)20-14/h5-8,13H,2-4H2,1H3,(H4,17,18,19,20,21,22). The van der Waals surface area contributed by atoms with E-state index in [-0.39, 0.29) is 12.0 Å². The average Bonchev–Trinajstić information content (AvgIpc) is 3.03. The van der Waals surface area contributed by atoms with Crippen molar-refractivity contribution in [2.75, 3.05) is 18.2 Å². The second-order valence-corrected chi connectivity index (χ2v) is 5.72. The first-order chi connectivity index (χ1) is 11.2. The maximum atomic E-state index is 5.79. The maximum Gasteiger partial charge on any atom is 0.224 e. The Morgan fingerprint density at radius 1 is 1.35 bits per heavy atom. The van der Waals surface area contributed by atoms with E-state index in [0.717, 1.165) is 36.2 Å². The molecule has 1 atom stereocenters. The highest BCUT2D eigenvalue weighted by Gasteiger charge is 2.22. The molecule has 3 aromatic rings. The molecule has 23 heavy (non-hydrogen) atoms. The summed E-state index contributed by atoms with van der Waals surface area (Å²) in [5.74, 6) is 1.85. The summed E-state index contributed by atoms with van der Waals surface area (Å²) in [5.41, 5.74) is 9.04. The van der Waals surface area contributed by atoms with Gasteiger partial charge in [0.1, 0.15) is 11.6 Å². The van der Waals surface area contributed by atoms with Gasteiger partial charge in [-0.25, -0.2) is 0 Å². The fraction of sp³-hybridized carbons (Fsp3) is 0.312. The van der Waals surface area contributed by atoms with Gasteiger partial charge < -0.3 is 15.8 Å². The predicted octanol–water partition coefficient (Wildman–Crippen LogP) is 2.43. The number of ether oxygens (including phenoxy) is 1. The van der Waals surface area contributed by atoms with Gasteiger partial charge in [0.2, 0.25) is 5.95 Å². The molecule has 118 valence electrons. The molecule has 0 fully saturated rings. The average molecular weight is 310 g/mol. The van der Waals surface area contributed by atoms with Gasteiger partial charge in [-0.15, -0.1) is 0 Å². The van der Waals surface area contributed by atoms with Crippen molar-refractivity contribution in [1.29, 1.82) is 0 Å². The highest BCUT2D eigenvalue weighted by molar-refractivity contribution is 5.87. The lowest BCUT2D eigenvalue weighted by Crippen LogP contribution is -2.18. The van der Waals surface area contributed by atoms with Crippen LogP contribution in [0.5, 0.6) is 5.75 Å². The van der Waals surface area contributed by atoms with Gasteiger partial charge in [-0.1, -0.05) is 6.07 Å². The lowest BCUT2D eigenvalue weighted by molar-refractivity contribution is 0.413. The van der Waals surface area contributed by atoms with Crippen LogP contribution in [0.25, 0.3) is 11.0 Å². The molecular formula is C16H18N6O. The number of anilines is 2. The van der Waals surface area contributed by atoms with Crippen molar-refractivity contribution in [3.05, 3.63) is 35.5 Å². The van der Waals surface area contributed by atoms with Crippen molar-refractivity contribution >= 4 is 22.8 Å². The molecule has 2 heterocycles. The molecule has 0 bridgehead atoms. The van der Waals surface area contributed by atoms with E-state index < -0.39 is 0 Å². The number of hydrogen-bond acceptors (Lipinski definition) is 6. The maximum absolute atomic E-state index is 5.79. The number of nitrogen functional groups attached to an aromatic ring is 1. The number of H-pyrrole nitrogens is 1. The van der Waals surface area contributed by atoms with Crippen molar-refractivity contribution in [3.8, 4) is 5.75 Å². The first-order valence-electron chi connectivity index (χ1n) is 7.64. The van der Waals surface area contributed by atoms with E-state index in [1.807, 2.05) is 6.07 Å². The zero-order valence-electron chi connectivity index (χ0n) is 12.8. The Bertz CT molecular complexity index is 859. The normalized spacial score (nSPS) is 17.0. The van der Waals surface area contributed by atoms with Gasteiger partial charge in [-0.2, -0.15) is 15.1 Å². The third kappa shape index (κ3) is 2.44. The summed E-state index contributed by atoms with van der Waals surface area (Å²) >= 11 is 0. The van der Waals surface area contributed by atoms with E-state index in [4.69, 9.17) is 10.5 Å². The number of nitrogens with zero attached hydrogens (tertiary/aromatic N) is 3. The predicted molar refractivity (Wildman–Crippen MR) is 88.4 cm³/mol. The largest absolute Gasteiger partial charge is 0.497 e. The number of aryl methyl sites for hydroxylation is 1. The van der Waals surface area contributed by atoms with Crippen LogP contribution in [0.3, 0.4) is 0 Å². The summed E-state index contributed by atoms with van der Waals surface area (Å²) in [4.78, 5) is 8.49. The highest BCUT2D eigenvalue weighted by atomic mass is 16.5. The topological polar surface area (TPSA) is 102 Å².